The van der Waals surface area contributed by atoms with Crippen LogP contribution in [-0.4, -0.2) is 34.7 Å². The highest BCUT2D eigenvalue weighted by atomic mass is 32.1. The Hall–Kier alpha value is -3.00. The van der Waals surface area contributed by atoms with E-state index in [9.17, 15) is 9.59 Å². The Labute approximate surface area is 173 Å². The van der Waals surface area contributed by atoms with E-state index < -0.39 is 0 Å². The number of carbonyl (C=O) groups excluding carboxylic acids is 2. The van der Waals surface area contributed by atoms with Crippen LogP contribution in [-0.2, 0) is 4.79 Å². The predicted octanol–water partition coefficient (Wildman–Crippen LogP) is 3.97. The lowest BCUT2D eigenvalue weighted by Gasteiger charge is -2.13. The van der Waals surface area contributed by atoms with Crippen LogP contribution >= 0.6 is 11.3 Å². The molecule has 0 aliphatic heterocycles. The topological polar surface area (TPSA) is 93.2 Å². The van der Waals surface area contributed by atoms with Crippen molar-refractivity contribution in [1.29, 1.82) is 0 Å². The minimum absolute atomic E-state index is 0.0121. The Bertz CT molecular complexity index is 1030. The average molecular weight is 413 g/mol. The van der Waals surface area contributed by atoms with Gasteiger partial charge in [0.1, 0.15) is 10.8 Å². The Kier molecular flexibility index (Phi) is 6.43. The predicted molar refractivity (Wildman–Crippen MR) is 115 cm³/mol. The number of amides is 2. The van der Waals surface area contributed by atoms with Gasteiger partial charge in [0.05, 0.1) is 5.56 Å². The first-order valence-corrected chi connectivity index (χ1v) is 10.2. The first-order chi connectivity index (χ1) is 13.8. The summed E-state index contributed by atoms with van der Waals surface area (Å²) in [7, 11) is 0. The van der Waals surface area contributed by atoms with Crippen LogP contribution in [0.2, 0.25) is 0 Å². The zero-order valence-electron chi connectivity index (χ0n) is 16.9. The molecule has 0 bridgehead atoms. The van der Waals surface area contributed by atoms with Crippen molar-refractivity contribution < 1.29 is 14.3 Å². The molecule has 0 radical (unpaired) electrons. The number of ether oxygens (including phenoxy) is 1. The van der Waals surface area contributed by atoms with Crippen molar-refractivity contribution >= 4 is 39.1 Å². The van der Waals surface area contributed by atoms with E-state index in [1.54, 1.807) is 12.1 Å². The van der Waals surface area contributed by atoms with Crippen molar-refractivity contribution in [3.05, 3.63) is 47.0 Å². The first kappa shape index (κ1) is 20.7. The molecule has 1 aromatic heterocycles. The Morgan fingerprint density at radius 2 is 1.76 bits per heavy atom. The smallest absolute Gasteiger partial charge is 0.261 e. The minimum Gasteiger partial charge on any atom is -0.483 e. The molecule has 152 valence electrons. The number of carbonyl (C=O) groups is 2. The largest absolute Gasteiger partial charge is 0.483 e. The van der Waals surface area contributed by atoms with E-state index >= 15 is 0 Å². The van der Waals surface area contributed by atoms with E-state index in [4.69, 9.17) is 4.74 Å². The van der Waals surface area contributed by atoms with Crippen molar-refractivity contribution in [2.45, 2.75) is 39.7 Å². The second-order valence-corrected chi connectivity index (χ2v) is 8.27. The van der Waals surface area contributed by atoms with Crippen LogP contribution in [0.25, 0.3) is 10.8 Å². The van der Waals surface area contributed by atoms with E-state index in [0.717, 1.165) is 15.8 Å². The van der Waals surface area contributed by atoms with Gasteiger partial charge < -0.3 is 10.1 Å². The number of aromatic nitrogens is 2. The molecule has 3 aromatic rings. The number of hydrogen-bond acceptors (Lipinski definition) is 6. The quantitative estimate of drug-likeness (QED) is 0.612. The molecule has 0 aliphatic rings. The fourth-order valence-electron chi connectivity index (χ4n) is 2.71. The maximum Gasteiger partial charge on any atom is 0.261 e. The van der Waals surface area contributed by atoms with Crippen molar-refractivity contribution in [2.75, 3.05) is 11.9 Å². The fraction of sp³-hybridized carbons (Fsp3) is 0.333. The molecule has 0 saturated heterocycles. The number of hydrogen-bond donors (Lipinski definition) is 2. The van der Waals surface area contributed by atoms with E-state index in [2.05, 4.69) is 20.8 Å². The number of benzene rings is 2. The summed E-state index contributed by atoms with van der Waals surface area (Å²) in [6.45, 7) is 7.61. The maximum atomic E-state index is 12.9. The number of fused-ring (bicyclic) bond motifs is 1. The molecule has 0 spiro atoms. The summed E-state index contributed by atoms with van der Waals surface area (Å²) in [5.41, 5.74) is 0.336. The molecule has 0 aliphatic carbocycles. The second-order valence-electron chi connectivity index (χ2n) is 7.26. The van der Waals surface area contributed by atoms with Gasteiger partial charge in [0.2, 0.25) is 5.13 Å². The van der Waals surface area contributed by atoms with Gasteiger partial charge >= 0.3 is 0 Å². The zero-order chi connectivity index (χ0) is 21.0. The van der Waals surface area contributed by atoms with Gasteiger partial charge in [-0.3, -0.25) is 14.9 Å². The molecule has 0 atom stereocenters. The molecule has 0 saturated carbocycles. The van der Waals surface area contributed by atoms with Gasteiger partial charge in [-0.25, -0.2) is 0 Å². The number of nitrogens with zero attached hydrogens (tertiary/aromatic N) is 2. The van der Waals surface area contributed by atoms with Crippen LogP contribution in [0.5, 0.6) is 5.75 Å². The number of rotatable bonds is 7. The van der Waals surface area contributed by atoms with Crippen molar-refractivity contribution in [1.82, 2.24) is 15.5 Å². The summed E-state index contributed by atoms with van der Waals surface area (Å²) in [6.07, 6.45) is 0. The zero-order valence-corrected chi connectivity index (χ0v) is 17.7. The molecule has 2 amide bonds. The van der Waals surface area contributed by atoms with Gasteiger partial charge in [0.15, 0.2) is 6.61 Å². The Balaban J connectivity index is 1.87. The molecule has 0 unspecified atom stereocenters. The van der Waals surface area contributed by atoms with Crippen LogP contribution in [0.1, 0.15) is 49.0 Å². The van der Waals surface area contributed by atoms with Gasteiger partial charge in [0.25, 0.3) is 11.8 Å². The second kappa shape index (κ2) is 9.00. The summed E-state index contributed by atoms with van der Waals surface area (Å²) in [4.78, 5) is 24.9. The highest BCUT2D eigenvalue weighted by Gasteiger charge is 2.18. The molecule has 3 rings (SSSR count). The van der Waals surface area contributed by atoms with Crippen LogP contribution in [0.4, 0.5) is 5.13 Å². The van der Waals surface area contributed by atoms with Crippen molar-refractivity contribution in [2.24, 2.45) is 0 Å². The highest BCUT2D eigenvalue weighted by Crippen LogP contribution is 2.28. The SMILES string of the molecule is CC(C)NC(=O)COc1cc2ccccc2cc1C(=O)Nc1nnc(C(C)C)s1. The van der Waals surface area contributed by atoms with Crippen LogP contribution in [0.15, 0.2) is 36.4 Å². The molecular formula is C21H24N4O3S. The lowest BCUT2D eigenvalue weighted by molar-refractivity contribution is -0.123. The first-order valence-electron chi connectivity index (χ1n) is 9.43. The maximum absolute atomic E-state index is 12.9. The minimum atomic E-state index is -0.360. The normalized spacial score (nSPS) is 11.1. The van der Waals surface area contributed by atoms with E-state index in [1.165, 1.54) is 11.3 Å². The molecule has 7 nitrogen and oxygen atoms in total. The molecule has 1 heterocycles. The summed E-state index contributed by atoms with van der Waals surface area (Å²) in [5, 5.41) is 16.8. The van der Waals surface area contributed by atoms with Gasteiger partial charge in [-0.15, -0.1) is 10.2 Å². The summed E-state index contributed by atoms with van der Waals surface area (Å²) in [6, 6.07) is 11.2. The number of nitrogens with one attached hydrogen (secondary N) is 2. The number of anilines is 1. The van der Waals surface area contributed by atoms with Crippen LogP contribution in [0.3, 0.4) is 0 Å². The molecule has 29 heavy (non-hydrogen) atoms. The standard InChI is InChI=1S/C21H24N4O3S/c1-12(2)20-24-25-21(29-20)23-19(27)16-9-14-7-5-6-8-15(14)10-17(16)28-11-18(26)22-13(3)4/h5-10,12-13H,11H2,1-4H3,(H,22,26)(H,23,25,27). The summed E-state index contributed by atoms with van der Waals surface area (Å²) >= 11 is 1.34. The van der Waals surface area contributed by atoms with E-state index in [-0.39, 0.29) is 30.4 Å². The third-order valence-electron chi connectivity index (χ3n) is 4.06. The fourth-order valence-corrected chi connectivity index (χ4v) is 3.45. The third kappa shape index (κ3) is 5.29. The van der Waals surface area contributed by atoms with Crippen LogP contribution in [0, 0.1) is 0 Å². The molecular weight excluding hydrogens is 388 g/mol. The molecule has 0 fully saturated rings. The monoisotopic (exact) mass is 412 g/mol. The lowest BCUT2D eigenvalue weighted by Crippen LogP contribution is -2.34. The van der Waals surface area contributed by atoms with E-state index in [0.29, 0.717) is 16.4 Å². The Morgan fingerprint density at radius 3 is 2.38 bits per heavy atom. The van der Waals surface area contributed by atoms with Crippen LogP contribution < -0.4 is 15.4 Å². The highest BCUT2D eigenvalue weighted by molar-refractivity contribution is 7.15. The lowest BCUT2D eigenvalue weighted by atomic mass is 10.1. The molecule has 2 aromatic carbocycles. The third-order valence-corrected chi connectivity index (χ3v) is 5.20. The Morgan fingerprint density at radius 1 is 1.07 bits per heavy atom. The summed E-state index contributed by atoms with van der Waals surface area (Å²) < 4.78 is 5.70. The van der Waals surface area contributed by atoms with Gasteiger partial charge in [-0.1, -0.05) is 49.4 Å². The van der Waals surface area contributed by atoms with E-state index in [1.807, 2.05) is 52.0 Å². The van der Waals surface area contributed by atoms with Gasteiger partial charge in [0, 0.05) is 12.0 Å². The van der Waals surface area contributed by atoms with Gasteiger partial charge in [-0.05, 0) is 36.8 Å². The molecule has 2 N–H and O–H groups in total. The van der Waals surface area contributed by atoms with Gasteiger partial charge in [-0.2, -0.15) is 0 Å². The van der Waals surface area contributed by atoms with Crippen molar-refractivity contribution in [3.63, 3.8) is 0 Å². The summed E-state index contributed by atoms with van der Waals surface area (Å²) in [5.74, 6) is -0.0300. The van der Waals surface area contributed by atoms with Crippen molar-refractivity contribution in [3.8, 4) is 5.75 Å². The average Bonchev–Trinajstić information content (AvgIpc) is 3.14. The molecule has 8 heteroatoms.